The van der Waals surface area contributed by atoms with Crippen LogP contribution < -0.4 is 0 Å². The number of aliphatic hydroxyl groups is 3. The number of carbonyl (C=O) groups excluding carboxylic acids is 3. The van der Waals surface area contributed by atoms with Crippen molar-refractivity contribution in [2.24, 2.45) is 0 Å². The monoisotopic (exact) mass is 402 g/mol. The minimum atomic E-state index is -0.125. The van der Waals surface area contributed by atoms with E-state index in [4.69, 9.17) is 15.3 Å². The SMILES string of the molecule is CC(=O)/C=C(/C)O.CC(=O)/C=C(/C)O.CC(=O)/C=C(/C)O.[Ru]. The minimum absolute atomic E-state index is 0. The number of carbonyl (C=O) groups is 3. The molecule has 0 heterocycles. The second kappa shape index (κ2) is 17.3. The Bertz CT molecular complexity index is 368. The van der Waals surface area contributed by atoms with Gasteiger partial charge in [-0.1, -0.05) is 0 Å². The molecule has 0 aromatic rings. The zero-order valence-electron chi connectivity index (χ0n) is 13.7. The van der Waals surface area contributed by atoms with Crippen LogP contribution in [0.4, 0.5) is 0 Å². The maximum atomic E-state index is 10.0. The van der Waals surface area contributed by atoms with Crippen LogP contribution in [0.15, 0.2) is 35.5 Å². The van der Waals surface area contributed by atoms with Gasteiger partial charge >= 0.3 is 0 Å². The average molecular weight is 401 g/mol. The van der Waals surface area contributed by atoms with E-state index in [-0.39, 0.29) is 54.1 Å². The second-order valence-corrected chi connectivity index (χ2v) is 4.19. The number of aliphatic hydroxyl groups excluding tert-OH is 3. The van der Waals surface area contributed by atoms with Crippen LogP contribution >= 0.6 is 0 Å². The molecule has 128 valence electrons. The molecule has 0 fully saturated rings. The number of hydrogen-bond donors (Lipinski definition) is 3. The third-order valence-electron chi connectivity index (χ3n) is 1.24. The van der Waals surface area contributed by atoms with Crippen molar-refractivity contribution < 1.29 is 49.2 Å². The minimum Gasteiger partial charge on any atom is -0.512 e. The van der Waals surface area contributed by atoms with Crippen molar-refractivity contribution in [2.45, 2.75) is 41.5 Å². The van der Waals surface area contributed by atoms with Crippen molar-refractivity contribution in [2.75, 3.05) is 0 Å². The number of allylic oxidation sites excluding steroid dienone is 6. The molecule has 0 amide bonds. The fraction of sp³-hybridized carbons (Fsp3) is 0.400. The molecular formula is C15H24O6Ru. The summed E-state index contributed by atoms with van der Waals surface area (Å²) in [6, 6.07) is 0. The molecule has 0 bridgehead atoms. The van der Waals surface area contributed by atoms with E-state index in [9.17, 15) is 14.4 Å². The fourth-order valence-corrected chi connectivity index (χ4v) is 0.882. The second-order valence-electron chi connectivity index (χ2n) is 4.19. The predicted molar refractivity (Wildman–Crippen MR) is 81.2 cm³/mol. The number of rotatable bonds is 3. The van der Waals surface area contributed by atoms with Gasteiger partial charge in [0, 0.05) is 37.7 Å². The van der Waals surface area contributed by atoms with E-state index >= 15 is 0 Å². The Morgan fingerprint density at radius 1 is 0.545 bits per heavy atom. The summed E-state index contributed by atoms with van der Waals surface area (Å²) >= 11 is 0. The summed E-state index contributed by atoms with van der Waals surface area (Å²) in [5, 5.41) is 25.1. The van der Waals surface area contributed by atoms with Gasteiger partial charge in [-0.25, -0.2) is 0 Å². The van der Waals surface area contributed by atoms with Gasteiger partial charge in [0.25, 0.3) is 0 Å². The first-order chi connectivity index (χ1) is 9.38. The molecule has 6 nitrogen and oxygen atoms in total. The maximum Gasteiger partial charge on any atom is 0.155 e. The molecule has 0 saturated carbocycles. The van der Waals surface area contributed by atoms with Crippen LogP contribution in [-0.2, 0) is 33.9 Å². The van der Waals surface area contributed by atoms with Gasteiger partial charge in [-0.3, -0.25) is 14.4 Å². The third-order valence-corrected chi connectivity index (χ3v) is 1.24. The van der Waals surface area contributed by atoms with Crippen molar-refractivity contribution >= 4 is 17.3 Å². The summed E-state index contributed by atoms with van der Waals surface area (Å²) in [6.45, 7) is 8.54. The Morgan fingerprint density at radius 3 is 0.682 bits per heavy atom. The molecular weight excluding hydrogens is 377 g/mol. The quantitative estimate of drug-likeness (QED) is 0.381. The molecule has 0 aromatic carbocycles. The molecule has 0 saturated heterocycles. The molecule has 22 heavy (non-hydrogen) atoms. The topological polar surface area (TPSA) is 112 Å². The van der Waals surface area contributed by atoms with Crippen LogP contribution in [0.25, 0.3) is 0 Å². The summed E-state index contributed by atoms with van der Waals surface area (Å²) in [5.41, 5.74) is 0. The smallest absolute Gasteiger partial charge is 0.155 e. The molecule has 0 spiro atoms. The predicted octanol–water partition coefficient (Wildman–Crippen LogP) is 3.11. The van der Waals surface area contributed by atoms with Gasteiger partial charge in [-0.15, -0.1) is 0 Å². The summed E-state index contributed by atoms with van der Waals surface area (Å²) in [7, 11) is 0. The summed E-state index contributed by atoms with van der Waals surface area (Å²) < 4.78 is 0. The van der Waals surface area contributed by atoms with Crippen LogP contribution in [0.1, 0.15) is 41.5 Å². The van der Waals surface area contributed by atoms with E-state index < -0.39 is 0 Å². The van der Waals surface area contributed by atoms with Crippen molar-refractivity contribution in [3.8, 4) is 0 Å². The molecule has 0 unspecified atom stereocenters. The molecule has 0 radical (unpaired) electrons. The van der Waals surface area contributed by atoms with E-state index in [1.807, 2.05) is 0 Å². The van der Waals surface area contributed by atoms with E-state index in [0.717, 1.165) is 0 Å². The Hall–Kier alpha value is -1.75. The Kier molecular flexibility index (Phi) is 22.4. The van der Waals surface area contributed by atoms with Gasteiger partial charge in [0.1, 0.15) is 0 Å². The number of hydrogen-bond acceptors (Lipinski definition) is 6. The van der Waals surface area contributed by atoms with Gasteiger partial charge < -0.3 is 15.3 Å². The molecule has 0 atom stereocenters. The fourth-order valence-electron chi connectivity index (χ4n) is 0.882. The summed E-state index contributed by atoms with van der Waals surface area (Å²) in [4.78, 5) is 30.1. The maximum absolute atomic E-state index is 10.0. The normalized spacial score (nSPS) is 10.9. The molecule has 0 rings (SSSR count). The average Bonchev–Trinajstić information content (AvgIpc) is 2.10. The van der Waals surface area contributed by atoms with E-state index in [1.54, 1.807) is 0 Å². The molecule has 0 aromatic heterocycles. The van der Waals surface area contributed by atoms with E-state index in [0.29, 0.717) is 0 Å². The van der Waals surface area contributed by atoms with Crippen molar-refractivity contribution in [1.29, 1.82) is 0 Å². The van der Waals surface area contributed by atoms with Crippen molar-refractivity contribution in [1.82, 2.24) is 0 Å². The summed E-state index contributed by atoms with van der Waals surface area (Å²) in [5.74, 6) is -0.187. The largest absolute Gasteiger partial charge is 0.512 e. The Balaban J connectivity index is -0.000000108. The zero-order chi connectivity index (χ0) is 17.6. The first-order valence-corrected chi connectivity index (χ1v) is 6.02. The van der Waals surface area contributed by atoms with Crippen molar-refractivity contribution in [3.63, 3.8) is 0 Å². The first kappa shape index (κ1) is 28.4. The molecule has 0 aliphatic heterocycles. The zero-order valence-corrected chi connectivity index (χ0v) is 15.4. The Labute approximate surface area is 144 Å². The number of ketones is 3. The van der Waals surface area contributed by atoms with Gasteiger partial charge in [0.15, 0.2) is 17.3 Å². The van der Waals surface area contributed by atoms with Gasteiger partial charge in [0.05, 0.1) is 17.3 Å². The third kappa shape index (κ3) is 51.7. The van der Waals surface area contributed by atoms with E-state index in [1.165, 1.54) is 59.8 Å². The van der Waals surface area contributed by atoms with E-state index in [2.05, 4.69) is 0 Å². The molecule has 0 aliphatic rings. The van der Waals surface area contributed by atoms with Crippen LogP contribution in [-0.4, -0.2) is 32.7 Å². The van der Waals surface area contributed by atoms with Gasteiger partial charge in [-0.05, 0) is 41.5 Å². The van der Waals surface area contributed by atoms with Crippen LogP contribution in [0, 0.1) is 0 Å². The Morgan fingerprint density at radius 2 is 0.682 bits per heavy atom. The van der Waals surface area contributed by atoms with Crippen molar-refractivity contribution in [3.05, 3.63) is 35.5 Å². The first-order valence-electron chi connectivity index (χ1n) is 6.02. The van der Waals surface area contributed by atoms with Crippen LogP contribution in [0.5, 0.6) is 0 Å². The standard InChI is InChI=1S/3C5H8O2.Ru/c3*1-4(6)3-5(2)7;/h3*3,6H,1-2H3;/b3*4-3-;. The molecule has 3 N–H and O–H groups in total. The van der Waals surface area contributed by atoms with Crippen LogP contribution in [0.2, 0.25) is 0 Å². The summed E-state index contributed by atoms with van der Waals surface area (Å²) in [6.07, 6.45) is 3.50. The van der Waals surface area contributed by atoms with Gasteiger partial charge in [0.2, 0.25) is 0 Å². The van der Waals surface area contributed by atoms with Crippen LogP contribution in [0.3, 0.4) is 0 Å². The van der Waals surface area contributed by atoms with Gasteiger partial charge in [-0.2, -0.15) is 0 Å². The molecule has 7 heteroatoms. The molecule has 0 aliphatic carbocycles.